The summed E-state index contributed by atoms with van der Waals surface area (Å²) in [6.07, 6.45) is -0.323. The quantitative estimate of drug-likeness (QED) is 0.199. The molecule has 0 spiro atoms. The minimum atomic E-state index is -4.16. The highest BCUT2D eigenvalue weighted by atomic mass is 32.2. The lowest BCUT2D eigenvalue weighted by atomic mass is 10.2. The molecule has 4 rings (SSSR count). The number of ether oxygens (including phenoxy) is 2. The molecule has 0 saturated heterocycles. The summed E-state index contributed by atoms with van der Waals surface area (Å²) < 4.78 is 61.3. The zero-order valence-corrected chi connectivity index (χ0v) is 26.6. The van der Waals surface area contributed by atoms with Gasteiger partial charge >= 0.3 is 0 Å². The number of methoxy groups -OCH3 is 2. The number of para-hydroxylation sites is 1. The molecular weight excluding hydrogens is 579 g/mol. The smallest absolute Gasteiger partial charge is 0.204 e. The first kappa shape index (κ1) is 31.4. The largest absolute Gasteiger partial charge is 0.494 e. The van der Waals surface area contributed by atoms with Crippen molar-refractivity contribution >= 4 is 17.9 Å². The predicted molar refractivity (Wildman–Crippen MR) is 160 cm³/mol. The van der Waals surface area contributed by atoms with Crippen LogP contribution in [0.15, 0.2) is 53.1 Å². The van der Waals surface area contributed by atoms with E-state index < -0.39 is 40.3 Å². The zero-order chi connectivity index (χ0) is 30.8. The fourth-order valence-corrected chi connectivity index (χ4v) is 8.01. The number of hydrogen-bond donors (Lipinski definition) is 1. The summed E-state index contributed by atoms with van der Waals surface area (Å²) in [4.78, 5) is 3.93. The zero-order valence-electron chi connectivity index (χ0n) is 24.8. The van der Waals surface area contributed by atoms with Crippen LogP contribution in [0.2, 0.25) is 25.7 Å². The Kier molecular flexibility index (Phi) is 9.23. The van der Waals surface area contributed by atoms with Gasteiger partial charge in [-0.1, -0.05) is 31.8 Å². The molecule has 0 aliphatic heterocycles. The first-order chi connectivity index (χ1) is 19.8. The van der Waals surface area contributed by atoms with E-state index in [2.05, 4.69) is 34.8 Å². The van der Waals surface area contributed by atoms with E-state index in [1.807, 2.05) is 0 Å². The summed E-state index contributed by atoms with van der Waals surface area (Å²) in [5.74, 6) is 1.64. The minimum Gasteiger partial charge on any atom is -0.494 e. The van der Waals surface area contributed by atoms with E-state index in [4.69, 9.17) is 13.9 Å². The van der Waals surface area contributed by atoms with Gasteiger partial charge in [-0.05, 0) is 56.7 Å². The van der Waals surface area contributed by atoms with Crippen LogP contribution >= 0.6 is 0 Å². The molecule has 0 fully saturated rings. The molecule has 0 saturated carbocycles. The highest BCUT2D eigenvalue weighted by Crippen LogP contribution is 2.42. The summed E-state index contributed by atoms with van der Waals surface area (Å²) in [5.41, 5.74) is 0.462. The Morgan fingerprint density at radius 2 is 1.71 bits per heavy atom. The van der Waals surface area contributed by atoms with Crippen LogP contribution in [0.1, 0.15) is 42.0 Å². The minimum absolute atomic E-state index is 0.0519. The highest BCUT2D eigenvalue weighted by molar-refractivity contribution is 7.92. The predicted octanol–water partition coefficient (Wildman–Crippen LogP) is 5.69. The van der Waals surface area contributed by atoms with Gasteiger partial charge in [0.05, 0.1) is 31.4 Å². The maximum Gasteiger partial charge on any atom is 0.204 e. The van der Waals surface area contributed by atoms with Gasteiger partial charge in [0.15, 0.2) is 21.4 Å². The second-order valence-electron chi connectivity index (χ2n) is 11.4. The summed E-state index contributed by atoms with van der Waals surface area (Å²) >= 11 is 0. The van der Waals surface area contributed by atoms with Crippen molar-refractivity contribution in [2.24, 2.45) is 0 Å². The van der Waals surface area contributed by atoms with Crippen molar-refractivity contribution in [3.8, 4) is 28.8 Å². The molecule has 226 valence electrons. The Morgan fingerprint density at radius 3 is 2.24 bits per heavy atom. The molecule has 3 heterocycles. The summed E-state index contributed by atoms with van der Waals surface area (Å²) in [7, 11) is -2.91. The molecule has 0 amide bonds. The monoisotopic (exact) mass is 616 g/mol. The Labute approximate surface area is 246 Å². The molecule has 3 aromatic heterocycles. The number of aliphatic hydroxyl groups is 1. The summed E-state index contributed by atoms with van der Waals surface area (Å²) in [5, 5.41) is 17.5. The van der Waals surface area contributed by atoms with Crippen LogP contribution < -0.4 is 9.47 Å². The molecule has 0 aliphatic rings. The fraction of sp³-hybridized carbons (Fsp3) is 0.414. The van der Waals surface area contributed by atoms with Crippen LogP contribution in [-0.2, 0) is 9.84 Å². The number of halogens is 1. The van der Waals surface area contributed by atoms with Crippen molar-refractivity contribution in [3.05, 3.63) is 71.8 Å². The molecule has 4 aromatic rings. The maximum atomic E-state index is 14.5. The first-order valence-electron chi connectivity index (χ1n) is 13.5. The number of aliphatic hydroxyl groups excluding tert-OH is 1. The average molecular weight is 617 g/mol. The Balaban J connectivity index is 1.96. The van der Waals surface area contributed by atoms with E-state index >= 15 is 0 Å². The topological polar surface area (TPSA) is 130 Å². The Hall–Kier alpha value is -3.55. The molecule has 1 N–H and O–H groups in total. The van der Waals surface area contributed by atoms with Gasteiger partial charge in [-0.3, -0.25) is 9.55 Å². The SMILES string of the molecule is COc1cccc(OC)c1-n1c(-c2ccc(C)o2)nnc1C(CC[Si](C)(C)C)S(=O)(=O)[C@@H](C)[C@@H](O)c1ccc(F)cn1. The van der Waals surface area contributed by atoms with Gasteiger partial charge in [0.2, 0.25) is 5.82 Å². The van der Waals surface area contributed by atoms with Crippen LogP contribution in [0.5, 0.6) is 11.5 Å². The van der Waals surface area contributed by atoms with E-state index in [1.54, 1.807) is 41.8 Å². The number of sulfone groups is 1. The number of hydrogen-bond acceptors (Lipinski definition) is 9. The fourth-order valence-electron chi connectivity index (χ4n) is 4.74. The van der Waals surface area contributed by atoms with Crippen LogP contribution in [0.4, 0.5) is 4.39 Å². The van der Waals surface area contributed by atoms with Crippen molar-refractivity contribution in [1.82, 2.24) is 19.7 Å². The number of furan rings is 1. The van der Waals surface area contributed by atoms with Crippen molar-refractivity contribution < 1.29 is 31.8 Å². The van der Waals surface area contributed by atoms with Gasteiger partial charge in [0, 0.05) is 8.07 Å². The molecule has 1 aromatic carbocycles. The number of benzene rings is 1. The van der Waals surface area contributed by atoms with Crippen LogP contribution in [0.3, 0.4) is 0 Å². The van der Waals surface area contributed by atoms with Gasteiger partial charge in [0.1, 0.15) is 40.1 Å². The molecule has 0 aliphatic carbocycles. The lowest BCUT2D eigenvalue weighted by molar-refractivity contribution is 0.170. The molecule has 10 nitrogen and oxygen atoms in total. The van der Waals surface area contributed by atoms with E-state index in [0.29, 0.717) is 34.8 Å². The second kappa shape index (κ2) is 12.4. The lowest BCUT2D eigenvalue weighted by Crippen LogP contribution is -2.33. The second-order valence-corrected chi connectivity index (χ2v) is 19.5. The van der Waals surface area contributed by atoms with Gasteiger partial charge in [0.25, 0.3) is 0 Å². The summed E-state index contributed by atoms with van der Waals surface area (Å²) in [6, 6.07) is 11.8. The maximum absolute atomic E-state index is 14.5. The number of aromatic nitrogens is 4. The number of pyridine rings is 1. The van der Waals surface area contributed by atoms with Gasteiger partial charge < -0.3 is 19.0 Å². The van der Waals surface area contributed by atoms with E-state index in [-0.39, 0.29) is 23.8 Å². The average Bonchev–Trinajstić information content (AvgIpc) is 3.57. The Bertz CT molecular complexity index is 1610. The molecule has 3 atom stereocenters. The third-order valence-electron chi connectivity index (χ3n) is 7.13. The first-order valence-corrected chi connectivity index (χ1v) is 18.9. The number of aryl methyl sites for hydroxylation is 1. The molecule has 0 bridgehead atoms. The van der Waals surface area contributed by atoms with Crippen LogP contribution in [0.25, 0.3) is 17.3 Å². The van der Waals surface area contributed by atoms with Gasteiger partial charge in [-0.25, -0.2) is 12.8 Å². The normalized spacial score (nSPS) is 14.4. The molecule has 42 heavy (non-hydrogen) atoms. The van der Waals surface area contributed by atoms with Crippen molar-refractivity contribution in [1.29, 1.82) is 0 Å². The highest BCUT2D eigenvalue weighted by Gasteiger charge is 2.42. The van der Waals surface area contributed by atoms with E-state index in [1.165, 1.54) is 27.2 Å². The third-order valence-corrected chi connectivity index (χ3v) is 11.5. The summed E-state index contributed by atoms with van der Waals surface area (Å²) in [6.45, 7) is 9.68. The van der Waals surface area contributed by atoms with Crippen LogP contribution in [0, 0.1) is 12.7 Å². The standard InChI is InChI=1S/C29H37FN4O6SSi/c1-18-11-14-24(40-18)28-32-33-29(34(28)26-22(38-3)9-8-10-23(26)39-4)25(15-16-42(5,6)7)41(36,37)19(2)27(35)21-13-12-20(30)17-31-21/h8-14,17,19,25,27,35H,15-16H2,1-7H3/t19-,25?,27+/m0/s1. The van der Waals surface area contributed by atoms with Gasteiger partial charge in [-0.15, -0.1) is 10.2 Å². The van der Waals surface area contributed by atoms with E-state index in [9.17, 15) is 17.9 Å². The van der Waals surface area contributed by atoms with Crippen LogP contribution in [-0.4, -0.2) is 60.8 Å². The molecule has 1 unspecified atom stereocenters. The molecule has 0 radical (unpaired) electrons. The van der Waals surface area contributed by atoms with Crippen molar-refractivity contribution in [2.45, 2.75) is 62.6 Å². The molecular formula is C29H37FN4O6SSi. The molecule has 13 heteroatoms. The number of nitrogens with zero attached hydrogens (tertiary/aromatic N) is 4. The lowest BCUT2D eigenvalue weighted by Gasteiger charge is -2.27. The van der Waals surface area contributed by atoms with E-state index in [0.717, 1.165) is 12.3 Å². The van der Waals surface area contributed by atoms with Crippen molar-refractivity contribution in [3.63, 3.8) is 0 Å². The Morgan fingerprint density at radius 1 is 1.05 bits per heavy atom. The van der Waals surface area contributed by atoms with Gasteiger partial charge in [-0.2, -0.15) is 0 Å². The number of rotatable bonds is 12. The third kappa shape index (κ3) is 6.42. The van der Waals surface area contributed by atoms with Crippen molar-refractivity contribution in [2.75, 3.05) is 14.2 Å².